The SMILES string of the molecule is Cc1nc2ccccc2n1CCNC(=O)CCc1c[nH]c2ccccc12. The Kier molecular flexibility index (Phi) is 4.44. The number of H-pyrrole nitrogens is 1. The monoisotopic (exact) mass is 346 g/mol. The molecule has 0 aliphatic carbocycles. The third-order valence-corrected chi connectivity index (χ3v) is 4.80. The summed E-state index contributed by atoms with van der Waals surface area (Å²) in [5, 5.41) is 4.22. The highest BCUT2D eigenvalue weighted by Gasteiger charge is 2.08. The lowest BCUT2D eigenvalue weighted by molar-refractivity contribution is -0.121. The number of nitrogens with one attached hydrogen (secondary N) is 2. The van der Waals surface area contributed by atoms with Crippen molar-refractivity contribution in [2.24, 2.45) is 0 Å². The number of carbonyl (C=O) groups excluding carboxylic acids is 1. The first-order valence-electron chi connectivity index (χ1n) is 8.96. The molecule has 2 N–H and O–H groups in total. The molecule has 2 heterocycles. The highest BCUT2D eigenvalue weighted by Crippen LogP contribution is 2.19. The Morgan fingerprint density at radius 1 is 1.15 bits per heavy atom. The molecule has 0 saturated carbocycles. The van der Waals surface area contributed by atoms with Crippen molar-refractivity contribution in [3.05, 3.63) is 66.1 Å². The van der Waals surface area contributed by atoms with Gasteiger partial charge >= 0.3 is 0 Å². The first-order valence-corrected chi connectivity index (χ1v) is 8.96. The molecule has 132 valence electrons. The highest BCUT2D eigenvalue weighted by molar-refractivity contribution is 5.84. The molecule has 26 heavy (non-hydrogen) atoms. The number of benzene rings is 2. The maximum Gasteiger partial charge on any atom is 0.220 e. The standard InChI is InChI=1S/C21H22N4O/c1-15-24-19-8-4-5-9-20(19)25(15)13-12-22-21(26)11-10-16-14-23-18-7-3-2-6-17(16)18/h2-9,14,23H,10-13H2,1H3,(H,22,26). The van der Waals surface area contributed by atoms with E-state index in [0.29, 0.717) is 13.0 Å². The average Bonchev–Trinajstić information content (AvgIpc) is 3.21. The maximum absolute atomic E-state index is 12.2. The summed E-state index contributed by atoms with van der Waals surface area (Å²) in [7, 11) is 0. The number of aromatic nitrogens is 3. The molecule has 0 aliphatic heterocycles. The molecule has 0 unspecified atom stereocenters. The van der Waals surface area contributed by atoms with Crippen LogP contribution in [-0.2, 0) is 17.8 Å². The molecule has 0 spiro atoms. The second-order valence-electron chi connectivity index (χ2n) is 6.51. The van der Waals surface area contributed by atoms with Crippen LogP contribution in [0.5, 0.6) is 0 Å². The summed E-state index contributed by atoms with van der Waals surface area (Å²) in [6.45, 7) is 3.33. The molecule has 5 nitrogen and oxygen atoms in total. The second kappa shape index (κ2) is 7.04. The fourth-order valence-electron chi connectivity index (χ4n) is 3.46. The molecule has 4 rings (SSSR count). The third-order valence-electron chi connectivity index (χ3n) is 4.80. The van der Waals surface area contributed by atoms with Crippen LogP contribution in [0.4, 0.5) is 0 Å². The highest BCUT2D eigenvalue weighted by atomic mass is 16.1. The molecular weight excluding hydrogens is 324 g/mol. The fraction of sp³-hybridized carbons (Fsp3) is 0.238. The molecule has 0 aliphatic rings. The molecule has 1 amide bonds. The van der Waals surface area contributed by atoms with Gasteiger partial charge in [-0.3, -0.25) is 4.79 Å². The predicted molar refractivity (Wildman–Crippen MR) is 104 cm³/mol. The van der Waals surface area contributed by atoms with Gasteiger partial charge in [-0.05, 0) is 37.1 Å². The van der Waals surface area contributed by atoms with Crippen molar-refractivity contribution in [1.82, 2.24) is 19.9 Å². The topological polar surface area (TPSA) is 62.7 Å². The van der Waals surface area contributed by atoms with Gasteiger partial charge in [-0.2, -0.15) is 0 Å². The van der Waals surface area contributed by atoms with Crippen molar-refractivity contribution in [3.63, 3.8) is 0 Å². The lowest BCUT2D eigenvalue weighted by Crippen LogP contribution is -2.27. The quantitative estimate of drug-likeness (QED) is 0.560. The molecule has 4 aromatic rings. The minimum atomic E-state index is 0.0809. The number of aryl methyl sites for hydroxylation is 2. The fourth-order valence-corrected chi connectivity index (χ4v) is 3.46. The molecule has 0 saturated heterocycles. The van der Waals surface area contributed by atoms with Gasteiger partial charge in [0.2, 0.25) is 5.91 Å². The lowest BCUT2D eigenvalue weighted by atomic mass is 10.1. The molecule has 0 fully saturated rings. The minimum Gasteiger partial charge on any atom is -0.361 e. The van der Waals surface area contributed by atoms with Gasteiger partial charge in [-0.1, -0.05) is 30.3 Å². The van der Waals surface area contributed by atoms with E-state index < -0.39 is 0 Å². The normalized spacial score (nSPS) is 11.3. The lowest BCUT2D eigenvalue weighted by Gasteiger charge is -2.08. The predicted octanol–water partition coefficient (Wildman–Crippen LogP) is 3.58. The summed E-state index contributed by atoms with van der Waals surface area (Å²) in [4.78, 5) is 20.0. The molecule has 2 aromatic heterocycles. The maximum atomic E-state index is 12.2. The number of fused-ring (bicyclic) bond motifs is 2. The smallest absolute Gasteiger partial charge is 0.220 e. The molecular formula is C21H22N4O. The Bertz CT molecular complexity index is 1060. The summed E-state index contributed by atoms with van der Waals surface area (Å²) in [6, 6.07) is 16.3. The number of para-hydroxylation sites is 3. The molecule has 5 heteroatoms. The average molecular weight is 346 g/mol. The van der Waals surface area contributed by atoms with Gasteiger partial charge < -0.3 is 14.9 Å². The molecule has 0 bridgehead atoms. The van der Waals surface area contributed by atoms with E-state index in [1.807, 2.05) is 43.5 Å². The van der Waals surface area contributed by atoms with Gasteiger partial charge in [-0.15, -0.1) is 0 Å². The van der Waals surface area contributed by atoms with Crippen LogP contribution in [0.25, 0.3) is 21.9 Å². The molecule has 0 atom stereocenters. The number of imidazole rings is 1. The van der Waals surface area contributed by atoms with Crippen LogP contribution in [0.1, 0.15) is 17.8 Å². The van der Waals surface area contributed by atoms with E-state index in [4.69, 9.17) is 0 Å². The number of hydrogen-bond acceptors (Lipinski definition) is 2. The minimum absolute atomic E-state index is 0.0809. The molecule has 0 radical (unpaired) electrons. The first-order chi connectivity index (χ1) is 12.7. The van der Waals surface area contributed by atoms with Crippen molar-refractivity contribution in [2.75, 3.05) is 6.54 Å². The Morgan fingerprint density at radius 3 is 2.88 bits per heavy atom. The third kappa shape index (κ3) is 3.20. The van der Waals surface area contributed by atoms with Crippen molar-refractivity contribution in [1.29, 1.82) is 0 Å². The van der Waals surface area contributed by atoms with Crippen LogP contribution in [0.3, 0.4) is 0 Å². The van der Waals surface area contributed by atoms with Crippen LogP contribution in [-0.4, -0.2) is 27.0 Å². The van der Waals surface area contributed by atoms with Gasteiger partial charge in [0.15, 0.2) is 0 Å². The van der Waals surface area contributed by atoms with Gasteiger partial charge in [-0.25, -0.2) is 4.98 Å². The second-order valence-corrected chi connectivity index (χ2v) is 6.51. The zero-order valence-electron chi connectivity index (χ0n) is 14.8. The van der Waals surface area contributed by atoms with Gasteiger partial charge in [0.25, 0.3) is 0 Å². The number of nitrogens with zero attached hydrogens (tertiary/aromatic N) is 2. The number of rotatable bonds is 6. The van der Waals surface area contributed by atoms with Crippen LogP contribution in [0, 0.1) is 6.92 Å². The first kappa shape index (κ1) is 16.4. The van der Waals surface area contributed by atoms with E-state index in [1.54, 1.807) is 0 Å². The van der Waals surface area contributed by atoms with E-state index in [2.05, 4.69) is 38.1 Å². The number of aromatic amines is 1. The van der Waals surface area contributed by atoms with Crippen LogP contribution in [0.15, 0.2) is 54.7 Å². The van der Waals surface area contributed by atoms with Crippen molar-refractivity contribution < 1.29 is 4.79 Å². The summed E-state index contributed by atoms with van der Waals surface area (Å²) in [5.41, 5.74) is 4.41. The van der Waals surface area contributed by atoms with E-state index in [0.717, 1.165) is 35.3 Å². The van der Waals surface area contributed by atoms with E-state index in [1.165, 1.54) is 10.9 Å². The summed E-state index contributed by atoms with van der Waals surface area (Å²) in [5.74, 6) is 1.05. The Hall–Kier alpha value is -3.08. The van der Waals surface area contributed by atoms with Gasteiger partial charge in [0, 0.05) is 36.6 Å². The zero-order chi connectivity index (χ0) is 17.9. The summed E-state index contributed by atoms with van der Waals surface area (Å²) < 4.78 is 2.15. The number of carbonyl (C=O) groups is 1. The van der Waals surface area contributed by atoms with Crippen LogP contribution >= 0.6 is 0 Å². The molecule has 2 aromatic carbocycles. The zero-order valence-corrected chi connectivity index (χ0v) is 14.8. The van der Waals surface area contributed by atoms with E-state index in [9.17, 15) is 4.79 Å². The van der Waals surface area contributed by atoms with E-state index >= 15 is 0 Å². The van der Waals surface area contributed by atoms with Crippen molar-refractivity contribution in [3.8, 4) is 0 Å². The largest absolute Gasteiger partial charge is 0.361 e. The summed E-state index contributed by atoms with van der Waals surface area (Å²) in [6.07, 6.45) is 3.23. The van der Waals surface area contributed by atoms with Crippen molar-refractivity contribution in [2.45, 2.75) is 26.3 Å². The van der Waals surface area contributed by atoms with Crippen molar-refractivity contribution >= 4 is 27.8 Å². The number of amides is 1. The number of hydrogen-bond donors (Lipinski definition) is 2. The Morgan fingerprint density at radius 2 is 1.96 bits per heavy atom. The summed E-state index contributed by atoms with van der Waals surface area (Å²) >= 11 is 0. The van der Waals surface area contributed by atoms with Crippen LogP contribution < -0.4 is 5.32 Å². The Labute approximate surface area is 152 Å². The van der Waals surface area contributed by atoms with Crippen LogP contribution in [0.2, 0.25) is 0 Å². The Balaban J connectivity index is 1.32. The van der Waals surface area contributed by atoms with Gasteiger partial charge in [0.1, 0.15) is 5.82 Å². The van der Waals surface area contributed by atoms with Gasteiger partial charge in [0.05, 0.1) is 11.0 Å². The van der Waals surface area contributed by atoms with E-state index in [-0.39, 0.29) is 5.91 Å².